The van der Waals surface area contributed by atoms with Crippen molar-refractivity contribution in [3.63, 3.8) is 0 Å². The zero-order valence-electron chi connectivity index (χ0n) is 6.52. The molecule has 0 fully saturated rings. The van der Waals surface area contributed by atoms with E-state index >= 15 is 0 Å². The maximum Gasteiger partial charge on any atom is 0.343 e. The topological polar surface area (TPSA) is 66.0 Å². The molecule has 1 aromatic rings. The molecule has 0 heterocycles. The molecule has 72 valence electrons. The van der Waals surface area contributed by atoms with E-state index in [2.05, 4.69) is 4.99 Å². The van der Waals surface area contributed by atoms with Gasteiger partial charge in [0.25, 0.3) is 0 Å². The van der Waals surface area contributed by atoms with E-state index < -0.39 is 0 Å². The second kappa shape index (κ2) is 5.17. The van der Waals surface area contributed by atoms with E-state index in [4.69, 9.17) is 34.7 Å². The van der Waals surface area contributed by atoms with E-state index in [-0.39, 0.29) is 18.4 Å². The first-order chi connectivity index (χ1) is 5.61. The highest BCUT2D eigenvalue weighted by Gasteiger charge is 2.04. The predicted molar refractivity (Wildman–Crippen MR) is 50.5 cm³/mol. The van der Waals surface area contributed by atoms with Gasteiger partial charge in [0.1, 0.15) is 5.69 Å². The van der Waals surface area contributed by atoms with Crippen LogP contribution in [0.5, 0.6) is 0 Å². The van der Waals surface area contributed by atoms with Crippen molar-refractivity contribution in [1.82, 2.24) is 0 Å². The van der Waals surface area contributed by atoms with Crippen molar-refractivity contribution in [2.24, 2.45) is 11.5 Å². The fourth-order valence-electron chi connectivity index (χ4n) is 0.762. The standard InChI is InChI=1S/C7H7Cl2N3.ClH/c8-4-2-1-3-5(9)6(4)12-7(10)11;/h1-3H,(H4,10,11,12);1H. The molecule has 1 aromatic carbocycles. The number of hydrogen-bond acceptors (Lipinski definition) is 0. The number of nitrogens with two attached hydrogens (primary N) is 2. The summed E-state index contributed by atoms with van der Waals surface area (Å²) in [5.41, 5.74) is 11.0. The number of rotatable bonds is 1. The lowest BCUT2D eigenvalue weighted by Crippen LogP contribution is -3.00. The van der Waals surface area contributed by atoms with Crippen molar-refractivity contribution in [2.75, 3.05) is 0 Å². The van der Waals surface area contributed by atoms with E-state index in [0.29, 0.717) is 15.7 Å². The molecule has 3 nitrogen and oxygen atoms in total. The molecule has 0 spiro atoms. The summed E-state index contributed by atoms with van der Waals surface area (Å²) in [7, 11) is 0. The van der Waals surface area contributed by atoms with Gasteiger partial charge in [-0.2, -0.15) is 0 Å². The van der Waals surface area contributed by atoms with E-state index in [0.717, 1.165) is 0 Å². The molecule has 0 aliphatic rings. The van der Waals surface area contributed by atoms with Crippen molar-refractivity contribution >= 4 is 34.8 Å². The van der Waals surface area contributed by atoms with Crippen molar-refractivity contribution in [1.29, 1.82) is 0 Å². The third-order valence-corrected chi connectivity index (χ3v) is 1.86. The molecule has 0 aromatic heterocycles. The Bertz CT molecular complexity index is 301. The molecular formula is C7H8Cl3N3. The largest absolute Gasteiger partial charge is 1.00 e. The number of nitrogens with one attached hydrogen (secondary N) is 1. The van der Waals surface area contributed by atoms with Crippen LogP contribution >= 0.6 is 23.2 Å². The number of hydrogen-bond donors (Lipinski definition) is 3. The Morgan fingerprint density at radius 2 is 1.62 bits per heavy atom. The SMILES string of the molecule is NC(N)=[NH+]c1c(Cl)cccc1Cl.[Cl-]. The monoisotopic (exact) mass is 239 g/mol. The van der Waals surface area contributed by atoms with Crippen molar-refractivity contribution in [2.45, 2.75) is 0 Å². The lowest BCUT2D eigenvalue weighted by Gasteiger charge is -1.98. The Morgan fingerprint density at radius 3 is 2.00 bits per heavy atom. The van der Waals surface area contributed by atoms with Crippen LogP contribution in [-0.2, 0) is 0 Å². The maximum absolute atomic E-state index is 5.80. The van der Waals surface area contributed by atoms with Crippen LogP contribution in [0.1, 0.15) is 0 Å². The van der Waals surface area contributed by atoms with Crippen LogP contribution in [0.25, 0.3) is 0 Å². The minimum Gasteiger partial charge on any atom is -1.00 e. The lowest BCUT2D eigenvalue weighted by molar-refractivity contribution is -0.355. The van der Waals surface area contributed by atoms with Crippen molar-refractivity contribution in [3.05, 3.63) is 28.2 Å². The Hall–Kier alpha value is -0.640. The number of halogens is 3. The van der Waals surface area contributed by atoms with Crippen molar-refractivity contribution < 1.29 is 17.4 Å². The molecular weight excluding hydrogens is 232 g/mol. The summed E-state index contributed by atoms with van der Waals surface area (Å²) in [6.07, 6.45) is 0. The van der Waals surface area contributed by atoms with Gasteiger partial charge < -0.3 is 12.4 Å². The third-order valence-electron chi connectivity index (χ3n) is 1.23. The second-order valence-electron chi connectivity index (χ2n) is 2.18. The van der Waals surface area contributed by atoms with E-state index in [1.165, 1.54) is 0 Å². The molecule has 0 unspecified atom stereocenters. The number of guanidine groups is 1. The molecule has 0 saturated carbocycles. The molecule has 0 aliphatic carbocycles. The minimum absolute atomic E-state index is 0. The molecule has 6 heteroatoms. The fourth-order valence-corrected chi connectivity index (χ4v) is 1.25. The van der Waals surface area contributed by atoms with Crippen LogP contribution < -0.4 is 28.9 Å². The molecule has 0 radical (unpaired) electrons. The molecule has 0 bridgehead atoms. The maximum atomic E-state index is 5.80. The van der Waals surface area contributed by atoms with E-state index in [1.807, 2.05) is 0 Å². The quantitative estimate of drug-likeness (QED) is 0.361. The van der Waals surface area contributed by atoms with Gasteiger partial charge in [-0.1, -0.05) is 29.3 Å². The van der Waals surface area contributed by atoms with Gasteiger partial charge in [0.05, 0.1) is 10.0 Å². The van der Waals surface area contributed by atoms with Gasteiger partial charge >= 0.3 is 5.96 Å². The van der Waals surface area contributed by atoms with Crippen LogP contribution in [0, 0.1) is 0 Å². The molecule has 0 amide bonds. The van der Waals surface area contributed by atoms with Crippen molar-refractivity contribution in [3.8, 4) is 0 Å². The molecule has 5 N–H and O–H groups in total. The van der Waals surface area contributed by atoms with E-state index in [9.17, 15) is 0 Å². The van der Waals surface area contributed by atoms with Gasteiger partial charge in [-0.15, -0.1) is 0 Å². The van der Waals surface area contributed by atoms with E-state index in [1.54, 1.807) is 18.2 Å². The summed E-state index contributed by atoms with van der Waals surface area (Å²) in [5.74, 6) is 0.0602. The van der Waals surface area contributed by atoms with Gasteiger partial charge in [-0.3, -0.25) is 11.5 Å². The fraction of sp³-hybridized carbons (Fsp3) is 0. The van der Waals surface area contributed by atoms with Gasteiger partial charge in [0, 0.05) is 0 Å². The third kappa shape index (κ3) is 3.30. The Morgan fingerprint density at radius 1 is 1.15 bits per heavy atom. The van der Waals surface area contributed by atoms with Gasteiger partial charge in [0.2, 0.25) is 0 Å². The zero-order valence-corrected chi connectivity index (χ0v) is 8.79. The van der Waals surface area contributed by atoms with Gasteiger partial charge in [0.15, 0.2) is 0 Å². The zero-order chi connectivity index (χ0) is 9.14. The predicted octanol–water partition coefficient (Wildman–Crippen LogP) is -3.02. The lowest BCUT2D eigenvalue weighted by atomic mass is 10.3. The van der Waals surface area contributed by atoms with Crippen LogP contribution in [0.2, 0.25) is 10.0 Å². The summed E-state index contributed by atoms with van der Waals surface area (Å²) in [6.45, 7) is 0. The summed E-state index contributed by atoms with van der Waals surface area (Å²) in [5, 5.41) is 0.965. The van der Waals surface area contributed by atoms with Gasteiger partial charge in [-0.05, 0) is 12.1 Å². The first kappa shape index (κ1) is 12.4. The van der Waals surface area contributed by atoms with Crippen LogP contribution in [0.4, 0.5) is 5.69 Å². The van der Waals surface area contributed by atoms with Crippen LogP contribution in [0.3, 0.4) is 0 Å². The van der Waals surface area contributed by atoms with Crippen LogP contribution in [0.15, 0.2) is 18.2 Å². The van der Waals surface area contributed by atoms with Gasteiger partial charge in [-0.25, -0.2) is 4.99 Å². The Labute approximate surface area is 92.1 Å². The summed E-state index contributed by atoms with van der Waals surface area (Å²) < 4.78 is 0. The average molecular weight is 241 g/mol. The minimum atomic E-state index is 0. The molecule has 0 atom stereocenters. The molecule has 0 aliphatic heterocycles. The average Bonchev–Trinajstić information content (AvgIpc) is 1.97. The Balaban J connectivity index is 0.00000144. The first-order valence-electron chi connectivity index (χ1n) is 3.20. The highest BCUT2D eigenvalue weighted by atomic mass is 35.5. The highest BCUT2D eigenvalue weighted by molar-refractivity contribution is 6.38. The molecule has 13 heavy (non-hydrogen) atoms. The number of benzene rings is 1. The normalized spacial score (nSPS) is 8.77. The summed E-state index contributed by atoms with van der Waals surface area (Å²) in [4.78, 5) is 2.65. The number of para-hydroxylation sites is 1. The van der Waals surface area contributed by atoms with Crippen LogP contribution in [-0.4, -0.2) is 5.96 Å². The first-order valence-corrected chi connectivity index (χ1v) is 3.96. The molecule has 0 saturated heterocycles. The summed E-state index contributed by atoms with van der Waals surface area (Å²) >= 11 is 11.6. The highest BCUT2D eigenvalue weighted by Crippen LogP contribution is 2.24. The second-order valence-corrected chi connectivity index (χ2v) is 2.99. The summed E-state index contributed by atoms with van der Waals surface area (Å²) in [6, 6.07) is 5.12. The smallest absolute Gasteiger partial charge is 0.343 e. The molecule has 1 rings (SSSR count). The Kier molecular flexibility index (Phi) is 4.91.